The van der Waals surface area contributed by atoms with E-state index in [0.717, 1.165) is 72.4 Å². The lowest BCUT2D eigenvalue weighted by atomic mass is 9.60. The van der Waals surface area contributed by atoms with Gasteiger partial charge in [-0.05, 0) is 80.7 Å². The van der Waals surface area contributed by atoms with Crippen molar-refractivity contribution in [3.8, 4) is 11.3 Å². The average Bonchev–Trinajstić information content (AvgIpc) is 3.68. The molecule has 1 saturated heterocycles. The molecule has 1 aliphatic heterocycles. The smallest absolute Gasteiger partial charge is 0.356 e. The molecular formula is C31H30N4O3. The summed E-state index contributed by atoms with van der Waals surface area (Å²) in [6.07, 6.45) is 9.39. The SMILES string of the molecule is Cc1ccccc1-c1noc(C2CC2)c1C=C1CC2(CCN(c3ccc4cc(C(=O)O)nnc4c3)CC2)C1. The number of benzene rings is 2. The summed E-state index contributed by atoms with van der Waals surface area (Å²) in [4.78, 5) is 13.6. The zero-order chi connectivity index (χ0) is 25.9. The Kier molecular flexibility index (Phi) is 5.35. The highest BCUT2D eigenvalue weighted by atomic mass is 16.5. The topological polar surface area (TPSA) is 92.4 Å². The van der Waals surface area contributed by atoms with E-state index in [1.54, 1.807) is 6.07 Å². The van der Waals surface area contributed by atoms with Gasteiger partial charge in [-0.15, -0.1) is 10.2 Å². The molecule has 3 fully saturated rings. The third-order valence-corrected chi connectivity index (χ3v) is 8.64. The largest absolute Gasteiger partial charge is 0.476 e. The highest BCUT2D eigenvalue weighted by molar-refractivity contribution is 5.91. The fourth-order valence-corrected chi connectivity index (χ4v) is 6.26. The molecule has 4 aromatic rings. The molecular weight excluding hydrogens is 476 g/mol. The fraction of sp³-hybridized carbons (Fsp3) is 0.355. The number of aryl methyl sites for hydroxylation is 1. The Bertz CT molecular complexity index is 1580. The van der Waals surface area contributed by atoms with Crippen molar-refractivity contribution < 1.29 is 14.4 Å². The first-order valence-corrected chi connectivity index (χ1v) is 13.5. The summed E-state index contributed by atoms with van der Waals surface area (Å²) in [6, 6.07) is 16.0. The van der Waals surface area contributed by atoms with Gasteiger partial charge in [-0.1, -0.05) is 41.1 Å². The van der Waals surface area contributed by atoms with Crippen LogP contribution in [0.2, 0.25) is 0 Å². The van der Waals surface area contributed by atoms with Crippen molar-refractivity contribution >= 4 is 28.6 Å². The maximum atomic E-state index is 11.2. The summed E-state index contributed by atoms with van der Waals surface area (Å²) < 4.78 is 5.91. The number of rotatable bonds is 5. The molecule has 3 aliphatic rings. The summed E-state index contributed by atoms with van der Waals surface area (Å²) >= 11 is 0. The number of carboxylic acids is 1. The summed E-state index contributed by atoms with van der Waals surface area (Å²) in [5.41, 5.74) is 8.30. The van der Waals surface area contributed by atoms with Gasteiger partial charge in [0.05, 0.1) is 5.52 Å². The van der Waals surface area contributed by atoms with Gasteiger partial charge >= 0.3 is 5.97 Å². The van der Waals surface area contributed by atoms with Crippen molar-refractivity contribution in [3.05, 3.63) is 76.7 Å². The Morgan fingerprint density at radius 1 is 1.08 bits per heavy atom. The van der Waals surface area contributed by atoms with Crippen molar-refractivity contribution in [3.63, 3.8) is 0 Å². The number of aromatic carboxylic acids is 1. The number of allylic oxidation sites excluding steroid dienone is 1. The second kappa shape index (κ2) is 8.79. The molecule has 1 N–H and O–H groups in total. The number of carbonyl (C=O) groups is 1. The van der Waals surface area contributed by atoms with Crippen LogP contribution in [0.5, 0.6) is 0 Å². The molecule has 2 aliphatic carbocycles. The number of carboxylic acid groups (broad SMARTS) is 1. The van der Waals surface area contributed by atoms with Crippen LogP contribution in [0.4, 0.5) is 5.69 Å². The van der Waals surface area contributed by atoms with Crippen LogP contribution >= 0.6 is 0 Å². The van der Waals surface area contributed by atoms with E-state index in [9.17, 15) is 4.79 Å². The number of piperidine rings is 1. The molecule has 1 spiro atoms. The molecule has 2 aromatic carbocycles. The molecule has 0 amide bonds. The maximum absolute atomic E-state index is 11.2. The van der Waals surface area contributed by atoms with E-state index in [4.69, 9.17) is 9.63 Å². The molecule has 2 aromatic heterocycles. The molecule has 7 nitrogen and oxygen atoms in total. The van der Waals surface area contributed by atoms with Gasteiger partial charge < -0.3 is 14.5 Å². The third-order valence-electron chi connectivity index (χ3n) is 8.64. The van der Waals surface area contributed by atoms with Gasteiger partial charge in [0, 0.05) is 41.2 Å². The molecule has 3 heterocycles. The van der Waals surface area contributed by atoms with Crippen LogP contribution in [0, 0.1) is 12.3 Å². The summed E-state index contributed by atoms with van der Waals surface area (Å²) in [5.74, 6) is 0.533. The zero-order valence-electron chi connectivity index (χ0n) is 21.5. The highest BCUT2D eigenvalue weighted by Gasteiger charge is 2.43. The van der Waals surface area contributed by atoms with Gasteiger partial charge in [-0.25, -0.2) is 4.79 Å². The minimum atomic E-state index is -1.06. The number of hydrogen-bond donors (Lipinski definition) is 1. The first kappa shape index (κ1) is 23.1. The molecule has 192 valence electrons. The number of aromatic nitrogens is 3. The van der Waals surface area contributed by atoms with Crippen molar-refractivity contribution in [1.29, 1.82) is 0 Å². The predicted octanol–water partition coefficient (Wildman–Crippen LogP) is 6.63. The summed E-state index contributed by atoms with van der Waals surface area (Å²) in [5, 5.41) is 22.5. The molecule has 0 atom stereocenters. The molecule has 7 heteroatoms. The van der Waals surface area contributed by atoms with Gasteiger partial charge in [-0.3, -0.25) is 0 Å². The highest BCUT2D eigenvalue weighted by Crippen LogP contribution is 2.54. The van der Waals surface area contributed by atoms with E-state index in [0.29, 0.717) is 11.3 Å². The van der Waals surface area contributed by atoms with Crippen LogP contribution in [0.25, 0.3) is 28.2 Å². The Morgan fingerprint density at radius 2 is 1.87 bits per heavy atom. The molecule has 0 bridgehead atoms. The molecule has 0 radical (unpaired) electrons. The quantitative estimate of drug-likeness (QED) is 0.325. The average molecular weight is 507 g/mol. The first-order chi connectivity index (χ1) is 18.5. The fourth-order valence-electron chi connectivity index (χ4n) is 6.26. The molecule has 2 saturated carbocycles. The Hall–Kier alpha value is -4.00. The number of anilines is 1. The van der Waals surface area contributed by atoms with Gasteiger partial charge in [-0.2, -0.15) is 0 Å². The van der Waals surface area contributed by atoms with E-state index in [1.807, 2.05) is 12.1 Å². The first-order valence-electron chi connectivity index (χ1n) is 13.5. The number of hydrogen-bond acceptors (Lipinski definition) is 6. The van der Waals surface area contributed by atoms with Gasteiger partial charge in [0.25, 0.3) is 0 Å². The van der Waals surface area contributed by atoms with E-state index in [1.165, 1.54) is 29.5 Å². The Balaban J connectivity index is 1.06. The van der Waals surface area contributed by atoms with Crippen LogP contribution in [-0.4, -0.2) is 39.5 Å². The van der Waals surface area contributed by atoms with E-state index >= 15 is 0 Å². The minimum absolute atomic E-state index is 0.0273. The number of nitrogens with zero attached hydrogens (tertiary/aromatic N) is 4. The van der Waals surface area contributed by atoms with Crippen molar-refractivity contribution in [2.75, 3.05) is 18.0 Å². The lowest BCUT2D eigenvalue weighted by molar-refractivity contribution is 0.0689. The minimum Gasteiger partial charge on any atom is -0.476 e. The monoisotopic (exact) mass is 506 g/mol. The second-order valence-corrected chi connectivity index (χ2v) is 11.3. The standard InChI is InChI=1S/C31H30N4O3/c1-19-4-2-3-5-24(19)28-25(29(38-34-28)21-6-7-21)14-20-17-31(18-20)10-12-35(13-11-31)23-9-8-22-15-27(30(36)37)33-32-26(22)16-23/h2-5,8-9,14-16,21H,6-7,10-13,17-18H2,1H3,(H,36,37). The van der Waals surface area contributed by atoms with E-state index in [2.05, 4.69) is 63.6 Å². The van der Waals surface area contributed by atoms with Gasteiger partial charge in [0.15, 0.2) is 5.69 Å². The maximum Gasteiger partial charge on any atom is 0.356 e. The van der Waals surface area contributed by atoms with Crippen LogP contribution in [0.3, 0.4) is 0 Å². The van der Waals surface area contributed by atoms with Crippen molar-refractivity contribution in [2.45, 2.75) is 51.4 Å². The Morgan fingerprint density at radius 3 is 2.61 bits per heavy atom. The second-order valence-electron chi connectivity index (χ2n) is 11.3. The summed E-state index contributed by atoms with van der Waals surface area (Å²) in [7, 11) is 0. The lowest BCUT2D eigenvalue weighted by Crippen LogP contribution is -2.44. The van der Waals surface area contributed by atoms with E-state index in [-0.39, 0.29) is 5.69 Å². The van der Waals surface area contributed by atoms with Crippen molar-refractivity contribution in [1.82, 2.24) is 15.4 Å². The zero-order valence-corrected chi connectivity index (χ0v) is 21.5. The third kappa shape index (κ3) is 4.06. The van der Waals surface area contributed by atoms with Gasteiger partial charge in [0.2, 0.25) is 0 Å². The molecule has 7 rings (SSSR count). The predicted molar refractivity (Wildman–Crippen MR) is 146 cm³/mol. The number of fused-ring (bicyclic) bond motifs is 1. The normalized spacial score (nSPS) is 18.6. The molecule has 38 heavy (non-hydrogen) atoms. The van der Waals surface area contributed by atoms with Crippen LogP contribution in [0.1, 0.15) is 71.8 Å². The summed E-state index contributed by atoms with van der Waals surface area (Å²) in [6.45, 7) is 4.15. The van der Waals surface area contributed by atoms with Crippen LogP contribution in [-0.2, 0) is 0 Å². The van der Waals surface area contributed by atoms with Crippen LogP contribution < -0.4 is 4.90 Å². The molecule has 0 unspecified atom stereocenters. The Labute approximate surface area is 221 Å². The lowest BCUT2D eigenvalue weighted by Gasteiger charge is -2.50. The van der Waals surface area contributed by atoms with E-state index < -0.39 is 5.97 Å². The van der Waals surface area contributed by atoms with Crippen LogP contribution in [0.15, 0.2) is 58.6 Å². The van der Waals surface area contributed by atoms with Crippen molar-refractivity contribution in [2.24, 2.45) is 5.41 Å². The van der Waals surface area contributed by atoms with Gasteiger partial charge in [0.1, 0.15) is 11.5 Å².